The van der Waals surface area contributed by atoms with Crippen molar-refractivity contribution in [1.29, 1.82) is 0 Å². The lowest BCUT2D eigenvalue weighted by molar-refractivity contribution is 0.0629. The molecule has 0 aliphatic carbocycles. The van der Waals surface area contributed by atoms with Gasteiger partial charge in [0, 0.05) is 25.3 Å². The Morgan fingerprint density at radius 2 is 2.35 bits per heavy atom. The van der Waals surface area contributed by atoms with Gasteiger partial charge in [0.15, 0.2) is 0 Å². The van der Waals surface area contributed by atoms with Crippen LogP contribution < -0.4 is 5.73 Å². The summed E-state index contributed by atoms with van der Waals surface area (Å²) < 4.78 is 0. The van der Waals surface area contributed by atoms with Gasteiger partial charge in [0.1, 0.15) is 5.69 Å². The predicted molar refractivity (Wildman–Crippen MR) is 66.5 cm³/mol. The van der Waals surface area contributed by atoms with E-state index in [1.165, 1.54) is 6.42 Å². The molecule has 1 aromatic heterocycles. The number of carbonyl (C=O) groups excluding carboxylic acids is 1. The standard InChI is InChI=1S/C13H19N3O/c1-10-4-2-3-7-16(10)13(17)12-6-5-11(8-14)9-15-12/h5-6,9-10H,2-4,7-8,14H2,1H3. The number of nitrogens with zero attached hydrogens (tertiary/aromatic N) is 2. The van der Waals surface area contributed by atoms with Gasteiger partial charge in [-0.05, 0) is 37.8 Å². The molecule has 1 aromatic rings. The van der Waals surface area contributed by atoms with Crippen molar-refractivity contribution in [3.8, 4) is 0 Å². The maximum Gasteiger partial charge on any atom is 0.272 e. The molecule has 92 valence electrons. The fourth-order valence-electron chi connectivity index (χ4n) is 2.22. The normalized spacial score (nSPS) is 20.4. The van der Waals surface area contributed by atoms with Gasteiger partial charge in [0.05, 0.1) is 0 Å². The lowest BCUT2D eigenvalue weighted by atomic mass is 10.0. The van der Waals surface area contributed by atoms with Crippen LogP contribution in [0.4, 0.5) is 0 Å². The third-order valence-electron chi connectivity index (χ3n) is 3.34. The lowest BCUT2D eigenvalue weighted by Gasteiger charge is -2.33. The zero-order valence-electron chi connectivity index (χ0n) is 10.2. The highest BCUT2D eigenvalue weighted by Crippen LogP contribution is 2.18. The number of hydrogen-bond acceptors (Lipinski definition) is 3. The molecule has 1 aliphatic rings. The van der Waals surface area contributed by atoms with Crippen LogP contribution in [0.2, 0.25) is 0 Å². The van der Waals surface area contributed by atoms with Gasteiger partial charge < -0.3 is 10.6 Å². The molecule has 17 heavy (non-hydrogen) atoms. The van der Waals surface area contributed by atoms with E-state index in [1.807, 2.05) is 11.0 Å². The smallest absolute Gasteiger partial charge is 0.272 e. The van der Waals surface area contributed by atoms with Crippen LogP contribution in [-0.4, -0.2) is 28.4 Å². The van der Waals surface area contributed by atoms with Crippen molar-refractivity contribution in [3.63, 3.8) is 0 Å². The molecule has 1 fully saturated rings. The molecular formula is C13H19N3O. The number of amides is 1. The number of nitrogens with two attached hydrogens (primary N) is 1. The summed E-state index contributed by atoms with van der Waals surface area (Å²) in [4.78, 5) is 18.4. The molecule has 1 saturated heterocycles. The molecule has 4 heteroatoms. The van der Waals surface area contributed by atoms with E-state index in [9.17, 15) is 4.79 Å². The molecule has 0 spiro atoms. The highest BCUT2D eigenvalue weighted by atomic mass is 16.2. The maximum atomic E-state index is 12.2. The molecule has 1 unspecified atom stereocenters. The molecule has 0 aromatic carbocycles. The van der Waals surface area contributed by atoms with E-state index in [0.29, 0.717) is 18.3 Å². The van der Waals surface area contributed by atoms with Crippen molar-refractivity contribution < 1.29 is 4.79 Å². The van der Waals surface area contributed by atoms with Gasteiger partial charge in [-0.2, -0.15) is 0 Å². The highest BCUT2D eigenvalue weighted by Gasteiger charge is 2.24. The van der Waals surface area contributed by atoms with E-state index >= 15 is 0 Å². The molecule has 0 radical (unpaired) electrons. The molecule has 2 rings (SSSR count). The third-order valence-corrected chi connectivity index (χ3v) is 3.34. The first-order valence-corrected chi connectivity index (χ1v) is 6.18. The van der Waals surface area contributed by atoms with Gasteiger partial charge in [0.25, 0.3) is 5.91 Å². The highest BCUT2D eigenvalue weighted by molar-refractivity contribution is 5.92. The zero-order valence-corrected chi connectivity index (χ0v) is 10.2. The van der Waals surface area contributed by atoms with Crippen LogP contribution in [0, 0.1) is 0 Å². The van der Waals surface area contributed by atoms with Crippen molar-refractivity contribution in [3.05, 3.63) is 29.6 Å². The van der Waals surface area contributed by atoms with Crippen LogP contribution in [0.15, 0.2) is 18.3 Å². The molecular weight excluding hydrogens is 214 g/mol. The van der Waals surface area contributed by atoms with Crippen LogP contribution in [0.3, 0.4) is 0 Å². The fourth-order valence-corrected chi connectivity index (χ4v) is 2.22. The van der Waals surface area contributed by atoms with E-state index in [2.05, 4.69) is 11.9 Å². The molecule has 1 amide bonds. The Labute approximate surface area is 102 Å². The Hall–Kier alpha value is -1.42. The molecule has 2 N–H and O–H groups in total. The average molecular weight is 233 g/mol. The SMILES string of the molecule is CC1CCCCN1C(=O)c1ccc(CN)cn1. The summed E-state index contributed by atoms with van der Waals surface area (Å²) in [6.07, 6.45) is 5.08. The number of carbonyl (C=O) groups is 1. The molecule has 0 bridgehead atoms. The second kappa shape index (κ2) is 5.27. The number of hydrogen-bond donors (Lipinski definition) is 1. The Balaban J connectivity index is 2.12. The minimum absolute atomic E-state index is 0.0424. The summed E-state index contributed by atoms with van der Waals surface area (Å²) in [5.41, 5.74) is 6.98. The quantitative estimate of drug-likeness (QED) is 0.843. The molecule has 4 nitrogen and oxygen atoms in total. The first kappa shape index (κ1) is 12.0. The summed E-state index contributed by atoms with van der Waals surface area (Å²) >= 11 is 0. The number of pyridine rings is 1. The van der Waals surface area contributed by atoms with E-state index in [-0.39, 0.29) is 5.91 Å². The predicted octanol–water partition coefficient (Wildman–Crippen LogP) is 1.55. The maximum absolute atomic E-state index is 12.2. The summed E-state index contributed by atoms with van der Waals surface area (Å²) in [6, 6.07) is 3.97. The van der Waals surface area contributed by atoms with E-state index in [4.69, 9.17) is 5.73 Å². The van der Waals surface area contributed by atoms with Crippen molar-refractivity contribution in [2.24, 2.45) is 5.73 Å². The largest absolute Gasteiger partial charge is 0.335 e. The van der Waals surface area contributed by atoms with Crippen LogP contribution >= 0.6 is 0 Å². The Kier molecular flexibility index (Phi) is 3.74. The van der Waals surface area contributed by atoms with Gasteiger partial charge in [-0.25, -0.2) is 0 Å². The minimum atomic E-state index is 0.0424. The number of likely N-dealkylation sites (tertiary alicyclic amines) is 1. The van der Waals surface area contributed by atoms with Gasteiger partial charge in [-0.1, -0.05) is 6.07 Å². The summed E-state index contributed by atoms with van der Waals surface area (Å²) in [6.45, 7) is 3.41. The third kappa shape index (κ3) is 2.64. The first-order valence-electron chi connectivity index (χ1n) is 6.18. The van der Waals surface area contributed by atoms with Gasteiger partial charge in [-0.15, -0.1) is 0 Å². The van der Waals surface area contributed by atoms with Crippen molar-refractivity contribution in [2.45, 2.75) is 38.8 Å². The van der Waals surface area contributed by atoms with Crippen LogP contribution in [-0.2, 0) is 6.54 Å². The first-order chi connectivity index (χ1) is 8.22. The van der Waals surface area contributed by atoms with Crippen molar-refractivity contribution in [2.75, 3.05) is 6.54 Å². The van der Waals surface area contributed by atoms with E-state index in [0.717, 1.165) is 24.9 Å². The lowest BCUT2D eigenvalue weighted by Crippen LogP contribution is -2.42. The van der Waals surface area contributed by atoms with Gasteiger partial charge >= 0.3 is 0 Å². The second-order valence-corrected chi connectivity index (χ2v) is 4.60. The minimum Gasteiger partial charge on any atom is -0.335 e. The Morgan fingerprint density at radius 1 is 1.53 bits per heavy atom. The van der Waals surface area contributed by atoms with Crippen LogP contribution in [0.1, 0.15) is 42.2 Å². The topological polar surface area (TPSA) is 59.2 Å². The van der Waals surface area contributed by atoms with Crippen LogP contribution in [0.5, 0.6) is 0 Å². The summed E-state index contributed by atoms with van der Waals surface area (Å²) in [5.74, 6) is 0.0424. The molecule has 2 heterocycles. The zero-order chi connectivity index (χ0) is 12.3. The van der Waals surface area contributed by atoms with Crippen molar-refractivity contribution in [1.82, 2.24) is 9.88 Å². The molecule has 1 aliphatic heterocycles. The van der Waals surface area contributed by atoms with E-state index in [1.54, 1.807) is 12.3 Å². The van der Waals surface area contributed by atoms with Crippen molar-refractivity contribution >= 4 is 5.91 Å². The van der Waals surface area contributed by atoms with Crippen LogP contribution in [0.25, 0.3) is 0 Å². The van der Waals surface area contributed by atoms with Gasteiger partial charge in [-0.3, -0.25) is 9.78 Å². The number of piperidine rings is 1. The summed E-state index contributed by atoms with van der Waals surface area (Å²) in [5, 5.41) is 0. The van der Waals surface area contributed by atoms with E-state index < -0.39 is 0 Å². The fraction of sp³-hybridized carbons (Fsp3) is 0.538. The Bertz CT molecular complexity index is 388. The Morgan fingerprint density at radius 3 is 2.94 bits per heavy atom. The molecule has 1 atom stereocenters. The monoisotopic (exact) mass is 233 g/mol. The second-order valence-electron chi connectivity index (χ2n) is 4.60. The average Bonchev–Trinajstić information content (AvgIpc) is 2.39. The number of aromatic nitrogens is 1. The molecule has 0 saturated carbocycles. The number of rotatable bonds is 2. The van der Waals surface area contributed by atoms with Gasteiger partial charge in [0.2, 0.25) is 0 Å². The summed E-state index contributed by atoms with van der Waals surface area (Å²) in [7, 11) is 0.